The standard InChI is InChI=1S/2C5H5.2C4H10N.Ti/c2*1-2-4-5-3-1;2*1-3-5-4-2;/h2*1-3H,4H2;2*3-4H2,1-2H3;/q4*-1;+4. The molecule has 0 aromatic carbocycles. The Balaban J connectivity index is -0.000000202. The SMILES string of the molecule is CC[N-]CC.CC[N-]CC.[C-]1=CC=CC1.[C-]1=CC=CC1.[Ti+4]. The Morgan fingerprint density at radius 2 is 1.05 bits per heavy atom. The van der Waals surface area contributed by atoms with Crippen LogP contribution in [0.2, 0.25) is 0 Å². The molecule has 3 heteroatoms. The molecule has 116 valence electrons. The zero-order chi connectivity index (χ0) is 15.3. The van der Waals surface area contributed by atoms with Crippen molar-refractivity contribution in [2.75, 3.05) is 26.2 Å². The molecule has 0 aromatic rings. The molecule has 21 heavy (non-hydrogen) atoms. The predicted molar refractivity (Wildman–Crippen MR) is 92.0 cm³/mol. The molecule has 0 spiro atoms. The number of nitrogens with zero attached hydrogens (tertiary/aromatic N) is 2. The summed E-state index contributed by atoms with van der Waals surface area (Å²) in [4.78, 5) is 0. The molecule has 2 aliphatic rings. The molecule has 2 aliphatic carbocycles. The maximum atomic E-state index is 3.97. The molecule has 0 aliphatic heterocycles. The van der Waals surface area contributed by atoms with Crippen molar-refractivity contribution in [2.45, 2.75) is 40.5 Å². The fourth-order valence-electron chi connectivity index (χ4n) is 1.13. The van der Waals surface area contributed by atoms with Crippen molar-refractivity contribution in [1.82, 2.24) is 0 Å². The van der Waals surface area contributed by atoms with Crippen LogP contribution in [0.15, 0.2) is 36.5 Å². The van der Waals surface area contributed by atoms with E-state index in [4.69, 9.17) is 0 Å². The Labute approximate surface area is 147 Å². The molecule has 2 nitrogen and oxygen atoms in total. The Morgan fingerprint density at radius 3 is 1.10 bits per heavy atom. The monoisotopic (exact) mass is 322 g/mol. The van der Waals surface area contributed by atoms with Crippen LogP contribution in [-0.4, -0.2) is 26.2 Å². The third-order valence-electron chi connectivity index (χ3n) is 2.07. The van der Waals surface area contributed by atoms with Crippen LogP contribution in [0.5, 0.6) is 0 Å². The van der Waals surface area contributed by atoms with E-state index in [-0.39, 0.29) is 21.7 Å². The van der Waals surface area contributed by atoms with Crippen LogP contribution < -0.4 is 0 Å². The number of hydrogen-bond acceptors (Lipinski definition) is 0. The van der Waals surface area contributed by atoms with E-state index in [1.165, 1.54) is 0 Å². The maximum Gasteiger partial charge on any atom is 4.00 e. The largest absolute Gasteiger partial charge is 4.00 e. The van der Waals surface area contributed by atoms with Gasteiger partial charge < -0.3 is 10.6 Å². The molecule has 0 saturated carbocycles. The van der Waals surface area contributed by atoms with Gasteiger partial charge in [-0.25, -0.2) is 24.3 Å². The molecule has 0 aromatic heterocycles. The summed E-state index contributed by atoms with van der Waals surface area (Å²) in [6, 6.07) is 0. The molecular weight excluding hydrogens is 292 g/mol. The molecule has 0 amide bonds. The second kappa shape index (κ2) is 27.9. The van der Waals surface area contributed by atoms with Crippen LogP contribution >= 0.6 is 0 Å². The summed E-state index contributed by atoms with van der Waals surface area (Å²) in [5.41, 5.74) is 0. The van der Waals surface area contributed by atoms with Gasteiger partial charge in [-0.05, 0) is 0 Å². The molecule has 0 N–H and O–H groups in total. The van der Waals surface area contributed by atoms with Gasteiger partial charge >= 0.3 is 21.7 Å². The van der Waals surface area contributed by atoms with Crippen LogP contribution in [0.3, 0.4) is 0 Å². The van der Waals surface area contributed by atoms with E-state index in [1.54, 1.807) is 0 Å². The Morgan fingerprint density at radius 1 is 0.714 bits per heavy atom. The number of hydrogen-bond donors (Lipinski definition) is 0. The zero-order valence-corrected chi connectivity index (χ0v) is 15.7. The van der Waals surface area contributed by atoms with E-state index in [1.807, 2.05) is 52.0 Å². The minimum atomic E-state index is 0. The molecular formula is C18H30N2Ti. The van der Waals surface area contributed by atoms with Gasteiger partial charge in [0.1, 0.15) is 0 Å². The van der Waals surface area contributed by atoms with Gasteiger partial charge in [-0.3, -0.25) is 12.2 Å². The summed E-state index contributed by atoms with van der Waals surface area (Å²) >= 11 is 0. The van der Waals surface area contributed by atoms with Crippen LogP contribution in [0.4, 0.5) is 0 Å². The average Bonchev–Trinajstić information content (AvgIpc) is 3.20. The van der Waals surface area contributed by atoms with Crippen molar-refractivity contribution in [3.63, 3.8) is 0 Å². The van der Waals surface area contributed by atoms with Crippen molar-refractivity contribution >= 4 is 0 Å². The van der Waals surface area contributed by atoms with Gasteiger partial charge in [0.05, 0.1) is 0 Å². The molecule has 0 unspecified atom stereocenters. The van der Waals surface area contributed by atoms with Gasteiger partial charge in [0, 0.05) is 0 Å². The van der Waals surface area contributed by atoms with Crippen molar-refractivity contribution < 1.29 is 21.7 Å². The average molecular weight is 322 g/mol. The van der Waals surface area contributed by atoms with Crippen LogP contribution in [-0.2, 0) is 21.7 Å². The van der Waals surface area contributed by atoms with E-state index in [2.05, 4.69) is 34.9 Å². The van der Waals surface area contributed by atoms with Crippen LogP contribution in [0.25, 0.3) is 10.6 Å². The first-order valence-corrected chi connectivity index (χ1v) is 7.53. The molecule has 0 heterocycles. The first kappa shape index (κ1) is 25.5. The topological polar surface area (TPSA) is 28.2 Å². The van der Waals surface area contributed by atoms with Crippen LogP contribution in [0.1, 0.15) is 40.5 Å². The van der Waals surface area contributed by atoms with Crippen molar-refractivity contribution in [3.05, 3.63) is 59.2 Å². The van der Waals surface area contributed by atoms with E-state index in [0.29, 0.717) is 0 Å². The number of allylic oxidation sites excluding steroid dienone is 8. The Kier molecular flexibility index (Phi) is 33.9. The number of rotatable bonds is 4. The predicted octanol–water partition coefficient (Wildman–Crippen LogP) is 5.41. The molecule has 0 fully saturated rings. The molecule has 2 rings (SSSR count). The maximum absolute atomic E-state index is 3.97. The zero-order valence-electron chi connectivity index (χ0n) is 14.1. The summed E-state index contributed by atoms with van der Waals surface area (Å²) in [7, 11) is 0. The van der Waals surface area contributed by atoms with Crippen molar-refractivity contribution in [2.24, 2.45) is 0 Å². The fourth-order valence-corrected chi connectivity index (χ4v) is 1.13. The summed E-state index contributed by atoms with van der Waals surface area (Å²) in [6.07, 6.45) is 20.0. The second-order valence-electron chi connectivity index (χ2n) is 3.72. The normalized spacial score (nSPS) is 12.4. The Hall–Kier alpha value is -0.406. The smallest absolute Gasteiger partial charge is 0.663 e. The van der Waals surface area contributed by atoms with Gasteiger partial charge in [0.2, 0.25) is 0 Å². The minimum absolute atomic E-state index is 0. The second-order valence-corrected chi connectivity index (χ2v) is 3.72. The van der Waals surface area contributed by atoms with Gasteiger partial charge in [0.25, 0.3) is 0 Å². The summed E-state index contributed by atoms with van der Waals surface area (Å²) < 4.78 is 0. The fraction of sp³-hybridized carbons (Fsp3) is 0.556. The summed E-state index contributed by atoms with van der Waals surface area (Å²) in [5.74, 6) is 0. The third-order valence-corrected chi connectivity index (χ3v) is 2.07. The third kappa shape index (κ3) is 32.8. The first-order chi connectivity index (χ1) is 9.83. The van der Waals surface area contributed by atoms with E-state index in [0.717, 1.165) is 39.0 Å². The first-order valence-electron chi connectivity index (χ1n) is 7.53. The molecule has 0 radical (unpaired) electrons. The van der Waals surface area contributed by atoms with Gasteiger partial charge in [-0.15, -0.1) is 12.8 Å². The molecule has 0 atom stereocenters. The summed E-state index contributed by atoms with van der Waals surface area (Å²) in [6.45, 7) is 12.1. The van der Waals surface area contributed by atoms with Gasteiger partial charge in [-0.1, -0.05) is 27.7 Å². The van der Waals surface area contributed by atoms with Crippen LogP contribution in [0, 0.1) is 12.2 Å². The minimum Gasteiger partial charge on any atom is -0.663 e. The van der Waals surface area contributed by atoms with E-state index in [9.17, 15) is 0 Å². The van der Waals surface area contributed by atoms with E-state index >= 15 is 0 Å². The van der Waals surface area contributed by atoms with Gasteiger partial charge in [-0.2, -0.15) is 38.3 Å². The Bertz CT molecular complexity index is 216. The van der Waals surface area contributed by atoms with Crippen molar-refractivity contribution in [3.8, 4) is 0 Å². The van der Waals surface area contributed by atoms with Gasteiger partial charge in [0.15, 0.2) is 0 Å². The molecule has 0 bridgehead atoms. The summed E-state index contributed by atoms with van der Waals surface area (Å²) in [5, 5.41) is 7.94. The van der Waals surface area contributed by atoms with E-state index < -0.39 is 0 Å². The molecule has 0 saturated heterocycles. The van der Waals surface area contributed by atoms with Crippen molar-refractivity contribution in [1.29, 1.82) is 0 Å². The quantitative estimate of drug-likeness (QED) is 0.489.